The number of carbonyl (C=O) groups excluding carboxylic acids is 1. The van der Waals surface area contributed by atoms with Crippen LogP contribution >= 0.6 is 0 Å². The van der Waals surface area contributed by atoms with E-state index in [1.54, 1.807) is 0 Å². The zero-order valence-corrected chi connectivity index (χ0v) is 14.3. The molecule has 5 heteroatoms. The highest BCUT2D eigenvalue weighted by Crippen LogP contribution is 2.23. The number of hydrogen-bond acceptors (Lipinski definition) is 4. The summed E-state index contributed by atoms with van der Waals surface area (Å²) < 4.78 is 0. The number of nitrogens with one attached hydrogen (secondary N) is 1. The molecule has 1 saturated heterocycles. The van der Waals surface area contributed by atoms with Crippen molar-refractivity contribution in [2.24, 2.45) is 0 Å². The first kappa shape index (κ1) is 17.6. The summed E-state index contributed by atoms with van der Waals surface area (Å²) >= 11 is 0. The summed E-state index contributed by atoms with van der Waals surface area (Å²) in [5.74, 6) is -0.138. The zero-order valence-electron chi connectivity index (χ0n) is 14.3. The molecule has 3 rings (SSSR count). The van der Waals surface area contributed by atoms with Gasteiger partial charge < -0.3 is 15.5 Å². The molecule has 2 aromatic rings. The van der Waals surface area contributed by atoms with Gasteiger partial charge in [-0.3, -0.25) is 9.69 Å². The molecule has 1 heterocycles. The van der Waals surface area contributed by atoms with Crippen LogP contribution in [0.15, 0.2) is 54.6 Å². The van der Waals surface area contributed by atoms with Gasteiger partial charge in [-0.1, -0.05) is 54.6 Å². The summed E-state index contributed by atoms with van der Waals surface area (Å²) in [7, 11) is 0. The van der Waals surface area contributed by atoms with Gasteiger partial charge in [0.25, 0.3) is 0 Å². The third-order valence-electron chi connectivity index (χ3n) is 4.69. The minimum absolute atomic E-state index is 0.138. The van der Waals surface area contributed by atoms with E-state index in [2.05, 4.69) is 41.7 Å². The highest BCUT2D eigenvalue weighted by Gasteiger charge is 2.39. The lowest BCUT2D eigenvalue weighted by Gasteiger charge is -2.26. The highest BCUT2D eigenvalue weighted by atomic mass is 16.3. The molecule has 25 heavy (non-hydrogen) atoms. The van der Waals surface area contributed by atoms with Crippen LogP contribution in [-0.2, 0) is 11.3 Å². The summed E-state index contributed by atoms with van der Waals surface area (Å²) in [5.41, 5.74) is 3.43. The summed E-state index contributed by atoms with van der Waals surface area (Å²) in [6.07, 6.45) is -1.64. The second kappa shape index (κ2) is 7.78. The van der Waals surface area contributed by atoms with Crippen LogP contribution in [0.5, 0.6) is 0 Å². The van der Waals surface area contributed by atoms with Crippen molar-refractivity contribution in [3.05, 3.63) is 60.2 Å². The maximum Gasteiger partial charge on any atom is 0.216 e. The minimum Gasteiger partial charge on any atom is -0.389 e. The van der Waals surface area contributed by atoms with Gasteiger partial charge in [-0.2, -0.15) is 0 Å². The van der Waals surface area contributed by atoms with Crippen molar-refractivity contribution in [3.8, 4) is 11.1 Å². The number of nitrogens with zero attached hydrogens (tertiary/aromatic N) is 1. The van der Waals surface area contributed by atoms with Gasteiger partial charge in [0.2, 0.25) is 5.91 Å². The lowest BCUT2D eigenvalue weighted by atomic mass is 10.0. The van der Waals surface area contributed by atoms with Crippen LogP contribution in [0.2, 0.25) is 0 Å². The number of benzene rings is 2. The molecule has 3 atom stereocenters. The van der Waals surface area contributed by atoms with Gasteiger partial charge in [-0.25, -0.2) is 0 Å². The fourth-order valence-electron chi connectivity index (χ4n) is 3.30. The maximum atomic E-state index is 11.2. The molecule has 0 bridgehead atoms. The fraction of sp³-hybridized carbons (Fsp3) is 0.350. The Morgan fingerprint density at radius 1 is 1.08 bits per heavy atom. The molecule has 0 spiro atoms. The monoisotopic (exact) mass is 340 g/mol. The van der Waals surface area contributed by atoms with E-state index in [9.17, 15) is 15.0 Å². The highest BCUT2D eigenvalue weighted by molar-refractivity contribution is 5.72. The van der Waals surface area contributed by atoms with Gasteiger partial charge in [0.1, 0.15) is 0 Å². The van der Waals surface area contributed by atoms with Crippen molar-refractivity contribution < 1.29 is 15.0 Å². The molecule has 0 unspecified atom stereocenters. The van der Waals surface area contributed by atoms with Gasteiger partial charge in [0.05, 0.1) is 18.2 Å². The molecule has 0 aliphatic carbocycles. The minimum atomic E-state index is -0.851. The smallest absolute Gasteiger partial charge is 0.216 e. The second-order valence-corrected chi connectivity index (χ2v) is 6.55. The quantitative estimate of drug-likeness (QED) is 0.769. The first-order valence-electron chi connectivity index (χ1n) is 8.53. The fourth-order valence-corrected chi connectivity index (χ4v) is 3.30. The topological polar surface area (TPSA) is 72.8 Å². The lowest BCUT2D eigenvalue weighted by molar-refractivity contribution is -0.119. The summed E-state index contributed by atoms with van der Waals surface area (Å²) in [6.45, 7) is 2.79. The van der Waals surface area contributed by atoms with Crippen LogP contribution in [-0.4, -0.2) is 52.4 Å². The standard InChI is InChI=1S/C20H24N2O3/c1-14(23)21-11-18-20(25)19(24)13-22(18)12-15-7-9-17(10-8-15)16-5-3-2-4-6-16/h2-10,18-20,24-25H,11-13H2,1H3,(H,21,23)/t18-,19+,20-/m1/s1. The largest absolute Gasteiger partial charge is 0.389 e. The van der Waals surface area contributed by atoms with Crippen molar-refractivity contribution >= 4 is 5.91 Å². The molecule has 1 aliphatic heterocycles. The molecular weight excluding hydrogens is 316 g/mol. The Morgan fingerprint density at radius 3 is 2.36 bits per heavy atom. The number of amides is 1. The van der Waals surface area contributed by atoms with Crippen LogP contribution in [0.4, 0.5) is 0 Å². The molecule has 1 amide bonds. The average Bonchev–Trinajstić information content (AvgIpc) is 2.88. The Hall–Kier alpha value is -2.21. The summed E-state index contributed by atoms with van der Waals surface area (Å²) in [6, 6.07) is 18.2. The molecule has 0 radical (unpaired) electrons. The average molecular weight is 340 g/mol. The predicted molar refractivity (Wildman–Crippen MR) is 96.8 cm³/mol. The van der Waals surface area contributed by atoms with E-state index in [0.717, 1.165) is 11.1 Å². The van der Waals surface area contributed by atoms with Crippen LogP contribution in [0.1, 0.15) is 12.5 Å². The van der Waals surface area contributed by atoms with Crippen molar-refractivity contribution in [1.82, 2.24) is 10.2 Å². The second-order valence-electron chi connectivity index (χ2n) is 6.55. The first-order chi connectivity index (χ1) is 12.0. The van der Waals surface area contributed by atoms with E-state index in [1.165, 1.54) is 12.5 Å². The molecule has 1 aliphatic rings. The van der Waals surface area contributed by atoms with E-state index in [1.807, 2.05) is 23.1 Å². The van der Waals surface area contributed by atoms with Crippen molar-refractivity contribution in [3.63, 3.8) is 0 Å². The maximum absolute atomic E-state index is 11.2. The zero-order chi connectivity index (χ0) is 17.8. The molecular formula is C20H24N2O3. The summed E-state index contributed by atoms with van der Waals surface area (Å²) in [4.78, 5) is 13.2. The SMILES string of the molecule is CC(=O)NC[C@@H]1[C@@H](O)[C@@H](O)CN1Cc1ccc(-c2ccccc2)cc1. The van der Waals surface area contributed by atoms with Gasteiger partial charge in [-0.05, 0) is 16.7 Å². The number of rotatable bonds is 5. The number of likely N-dealkylation sites (tertiary alicyclic amines) is 1. The molecule has 2 aromatic carbocycles. The molecule has 0 saturated carbocycles. The van der Waals surface area contributed by atoms with Crippen LogP contribution in [0.3, 0.4) is 0 Å². The van der Waals surface area contributed by atoms with E-state index >= 15 is 0 Å². The Kier molecular flexibility index (Phi) is 5.48. The molecule has 1 fully saturated rings. The van der Waals surface area contributed by atoms with Crippen molar-refractivity contribution in [1.29, 1.82) is 0 Å². The van der Waals surface area contributed by atoms with Gasteiger partial charge in [0, 0.05) is 26.6 Å². The number of β-amino-alcohol motifs (C(OH)–C–C–N with tert-alkyl or cyclic N) is 1. The van der Waals surface area contributed by atoms with Crippen LogP contribution in [0, 0.1) is 0 Å². The predicted octanol–water partition coefficient (Wildman–Crippen LogP) is 1.40. The van der Waals surface area contributed by atoms with E-state index in [0.29, 0.717) is 19.6 Å². The normalized spacial score (nSPS) is 23.6. The Bertz CT molecular complexity index is 703. The van der Waals surface area contributed by atoms with E-state index in [4.69, 9.17) is 0 Å². The van der Waals surface area contributed by atoms with Gasteiger partial charge in [-0.15, -0.1) is 0 Å². The Labute approximate surface area is 147 Å². The van der Waals surface area contributed by atoms with Gasteiger partial charge in [0.15, 0.2) is 0 Å². The Balaban J connectivity index is 1.69. The van der Waals surface area contributed by atoms with Crippen molar-refractivity contribution in [2.45, 2.75) is 31.7 Å². The van der Waals surface area contributed by atoms with Crippen LogP contribution < -0.4 is 5.32 Å². The van der Waals surface area contributed by atoms with E-state index in [-0.39, 0.29) is 11.9 Å². The third-order valence-corrected chi connectivity index (χ3v) is 4.69. The molecule has 3 N–H and O–H groups in total. The third kappa shape index (κ3) is 4.25. The molecule has 5 nitrogen and oxygen atoms in total. The lowest BCUT2D eigenvalue weighted by Crippen LogP contribution is -2.44. The molecule has 0 aromatic heterocycles. The Morgan fingerprint density at radius 2 is 1.72 bits per heavy atom. The van der Waals surface area contributed by atoms with Crippen molar-refractivity contribution in [2.75, 3.05) is 13.1 Å². The van der Waals surface area contributed by atoms with E-state index < -0.39 is 12.2 Å². The first-order valence-corrected chi connectivity index (χ1v) is 8.53. The number of carbonyl (C=O) groups is 1. The van der Waals surface area contributed by atoms with Gasteiger partial charge >= 0.3 is 0 Å². The number of hydrogen-bond donors (Lipinski definition) is 3. The number of aliphatic hydroxyl groups is 2. The van der Waals surface area contributed by atoms with Crippen LogP contribution in [0.25, 0.3) is 11.1 Å². The molecule has 132 valence electrons. The number of aliphatic hydroxyl groups excluding tert-OH is 2. The summed E-state index contributed by atoms with van der Waals surface area (Å²) in [5, 5.41) is 22.9.